The first kappa shape index (κ1) is 13.3. The highest BCUT2D eigenvalue weighted by Crippen LogP contribution is 2.19. The molecule has 0 fully saturated rings. The number of aryl methyl sites for hydroxylation is 1. The van der Waals surface area contributed by atoms with E-state index in [4.69, 9.17) is 4.74 Å². The van der Waals surface area contributed by atoms with Gasteiger partial charge >= 0.3 is 0 Å². The number of aromatic nitrogens is 1. The van der Waals surface area contributed by atoms with Crippen LogP contribution >= 0.6 is 0 Å². The number of carbonyl (C=O) groups is 1. The lowest BCUT2D eigenvalue weighted by molar-refractivity contribution is 0.103. The van der Waals surface area contributed by atoms with Crippen LogP contribution in [0.25, 0.3) is 0 Å². The van der Waals surface area contributed by atoms with Crippen LogP contribution in [-0.4, -0.2) is 17.4 Å². The van der Waals surface area contributed by atoms with E-state index in [2.05, 4.69) is 4.98 Å². The highest BCUT2D eigenvalue weighted by Gasteiger charge is 2.13. The Morgan fingerprint density at radius 2 is 2.05 bits per heavy atom. The third-order valence-corrected chi connectivity index (χ3v) is 3.14. The van der Waals surface area contributed by atoms with E-state index in [-0.39, 0.29) is 5.78 Å². The highest BCUT2D eigenvalue weighted by molar-refractivity contribution is 6.10. The summed E-state index contributed by atoms with van der Waals surface area (Å²) in [6.45, 7) is 6.42. The molecule has 0 unspecified atom stereocenters. The molecule has 3 heteroatoms. The number of ketones is 1. The Bertz CT molecular complexity index is 605. The molecular formula is C16H17NO2. The Morgan fingerprint density at radius 1 is 1.26 bits per heavy atom. The molecule has 3 nitrogen and oxygen atoms in total. The van der Waals surface area contributed by atoms with Crippen molar-refractivity contribution in [2.45, 2.75) is 20.8 Å². The molecule has 0 N–H and O–H groups in total. The molecular weight excluding hydrogens is 238 g/mol. The van der Waals surface area contributed by atoms with Gasteiger partial charge in [-0.05, 0) is 38.0 Å². The minimum Gasteiger partial charge on any atom is -0.492 e. The van der Waals surface area contributed by atoms with E-state index in [1.807, 2.05) is 39.0 Å². The molecule has 0 saturated carbocycles. The van der Waals surface area contributed by atoms with Crippen molar-refractivity contribution in [1.29, 1.82) is 0 Å². The molecule has 2 aromatic rings. The number of hydrogen-bond acceptors (Lipinski definition) is 3. The molecule has 98 valence electrons. The standard InChI is InChI=1S/C16H17NO2/c1-4-19-14-8-13(9-17-10-14)16(18)15-7-5-6-11(2)12(15)3/h5-10H,4H2,1-3H3. The first-order valence-electron chi connectivity index (χ1n) is 6.32. The average Bonchev–Trinajstić information content (AvgIpc) is 2.42. The lowest BCUT2D eigenvalue weighted by Crippen LogP contribution is -2.06. The van der Waals surface area contributed by atoms with Crippen LogP contribution in [0.5, 0.6) is 5.75 Å². The van der Waals surface area contributed by atoms with Crippen LogP contribution in [0.15, 0.2) is 36.7 Å². The Labute approximate surface area is 113 Å². The summed E-state index contributed by atoms with van der Waals surface area (Å²) in [6.07, 6.45) is 3.19. The number of carbonyl (C=O) groups excluding carboxylic acids is 1. The van der Waals surface area contributed by atoms with Crippen molar-refractivity contribution in [3.63, 3.8) is 0 Å². The van der Waals surface area contributed by atoms with Gasteiger partial charge in [0.2, 0.25) is 0 Å². The van der Waals surface area contributed by atoms with Gasteiger partial charge in [0.05, 0.1) is 12.8 Å². The summed E-state index contributed by atoms with van der Waals surface area (Å²) < 4.78 is 5.37. The first-order chi connectivity index (χ1) is 9.13. The van der Waals surface area contributed by atoms with Gasteiger partial charge < -0.3 is 4.74 Å². The van der Waals surface area contributed by atoms with Gasteiger partial charge in [0.1, 0.15) is 5.75 Å². The summed E-state index contributed by atoms with van der Waals surface area (Å²) in [7, 11) is 0. The van der Waals surface area contributed by atoms with E-state index in [0.717, 1.165) is 16.7 Å². The normalized spacial score (nSPS) is 10.3. The summed E-state index contributed by atoms with van der Waals surface area (Å²) in [5.74, 6) is 0.605. The molecule has 2 rings (SSSR count). The number of ether oxygens (including phenoxy) is 1. The average molecular weight is 255 g/mol. The van der Waals surface area contributed by atoms with Gasteiger partial charge in [-0.25, -0.2) is 0 Å². The van der Waals surface area contributed by atoms with Gasteiger partial charge in [-0.2, -0.15) is 0 Å². The zero-order chi connectivity index (χ0) is 13.8. The van der Waals surface area contributed by atoms with Crippen molar-refractivity contribution in [1.82, 2.24) is 4.98 Å². The molecule has 0 saturated heterocycles. The SMILES string of the molecule is CCOc1cncc(C(=O)c2cccc(C)c2C)c1. The number of nitrogens with zero attached hydrogens (tertiary/aromatic N) is 1. The largest absolute Gasteiger partial charge is 0.492 e. The van der Waals surface area contributed by atoms with Gasteiger partial charge in [0.25, 0.3) is 0 Å². The molecule has 0 bridgehead atoms. The molecule has 0 spiro atoms. The predicted octanol–water partition coefficient (Wildman–Crippen LogP) is 3.33. The fourth-order valence-electron chi connectivity index (χ4n) is 1.94. The molecule has 0 amide bonds. The fraction of sp³-hybridized carbons (Fsp3) is 0.250. The van der Waals surface area contributed by atoms with Crippen LogP contribution < -0.4 is 4.74 Å². The van der Waals surface area contributed by atoms with E-state index in [9.17, 15) is 4.79 Å². The Balaban J connectivity index is 2.38. The van der Waals surface area contributed by atoms with E-state index < -0.39 is 0 Å². The number of hydrogen-bond donors (Lipinski definition) is 0. The molecule has 19 heavy (non-hydrogen) atoms. The first-order valence-corrected chi connectivity index (χ1v) is 6.32. The smallest absolute Gasteiger partial charge is 0.194 e. The fourth-order valence-corrected chi connectivity index (χ4v) is 1.94. The van der Waals surface area contributed by atoms with Gasteiger partial charge in [-0.15, -0.1) is 0 Å². The minimum absolute atomic E-state index is 0.0183. The van der Waals surface area contributed by atoms with Gasteiger partial charge in [-0.3, -0.25) is 9.78 Å². The lowest BCUT2D eigenvalue weighted by atomic mass is 9.97. The van der Waals surface area contributed by atoms with Crippen LogP contribution in [0.4, 0.5) is 0 Å². The molecule has 0 aliphatic carbocycles. The summed E-state index contributed by atoms with van der Waals surface area (Å²) in [6, 6.07) is 7.48. The van der Waals surface area contributed by atoms with Gasteiger partial charge in [0.15, 0.2) is 5.78 Å². The third kappa shape index (κ3) is 2.81. The maximum Gasteiger partial charge on any atom is 0.194 e. The van der Waals surface area contributed by atoms with Crippen LogP contribution in [-0.2, 0) is 0 Å². The summed E-state index contributed by atoms with van der Waals surface area (Å²) in [5, 5.41) is 0. The van der Waals surface area contributed by atoms with Crippen LogP contribution in [0.1, 0.15) is 34.0 Å². The van der Waals surface area contributed by atoms with Crippen LogP contribution in [0.2, 0.25) is 0 Å². The van der Waals surface area contributed by atoms with Crippen molar-refractivity contribution in [2.75, 3.05) is 6.61 Å². The zero-order valence-electron chi connectivity index (χ0n) is 11.4. The molecule has 1 heterocycles. The zero-order valence-corrected chi connectivity index (χ0v) is 11.4. The second kappa shape index (κ2) is 5.65. The van der Waals surface area contributed by atoms with E-state index in [0.29, 0.717) is 17.9 Å². The molecule has 1 aromatic heterocycles. The second-order valence-corrected chi connectivity index (χ2v) is 4.42. The molecule has 0 aliphatic rings. The molecule has 0 radical (unpaired) electrons. The molecule has 1 aromatic carbocycles. The maximum absolute atomic E-state index is 12.5. The topological polar surface area (TPSA) is 39.2 Å². The van der Waals surface area contributed by atoms with Crippen molar-refractivity contribution >= 4 is 5.78 Å². The lowest BCUT2D eigenvalue weighted by Gasteiger charge is -2.08. The summed E-state index contributed by atoms with van der Waals surface area (Å²) in [4.78, 5) is 16.5. The van der Waals surface area contributed by atoms with Crippen molar-refractivity contribution in [3.05, 3.63) is 58.9 Å². The Morgan fingerprint density at radius 3 is 2.79 bits per heavy atom. The highest BCUT2D eigenvalue weighted by atomic mass is 16.5. The quantitative estimate of drug-likeness (QED) is 0.787. The third-order valence-electron chi connectivity index (χ3n) is 3.14. The van der Waals surface area contributed by atoms with Crippen LogP contribution in [0.3, 0.4) is 0 Å². The molecule has 0 atom stereocenters. The second-order valence-electron chi connectivity index (χ2n) is 4.42. The van der Waals surface area contributed by atoms with Crippen molar-refractivity contribution in [2.24, 2.45) is 0 Å². The van der Waals surface area contributed by atoms with E-state index in [1.165, 1.54) is 0 Å². The van der Waals surface area contributed by atoms with Gasteiger partial charge in [-0.1, -0.05) is 18.2 Å². The minimum atomic E-state index is -0.0183. The maximum atomic E-state index is 12.5. The van der Waals surface area contributed by atoms with E-state index >= 15 is 0 Å². The summed E-state index contributed by atoms with van der Waals surface area (Å²) in [5.41, 5.74) is 3.39. The van der Waals surface area contributed by atoms with Crippen molar-refractivity contribution in [3.8, 4) is 5.75 Å². The predicted molar refractivity (Wildman–Crippen MR) is 74.8 cm³/mol. The molecule has 0 aliphatic heterocycles. The monoisotopic (exact) mass is 255 g/mol. The Hall–Kier alpha value is -2.16. The van der Waals surface area contributed by atoms with E-state index in [1.54, 1.807) is 18.5 Å². The Kier molecular flexibility index (Phi) is 3.95. The van der Waals surface area contributed by atoms with Gasteiger partial charge in [0, 0.05) is 17.3 Å². The number of benzene rings is 1. The summed E-state index contributed by atoms with van der Waals surface area (Å²) >= 11 is 0. The van der Waals surface area contributed by atoms with Crippen LogP contribution in [0, 0.1) is 13.8 Å². The van der Waals surface area contributed by atoms with Crippen molar-refractivity contribution < 1.29 is 9.53 Å². The number of rotatable bonds is 4. The number of pyridine rings is 1.